The van der Waals surface area contributed by atoms with Crippen molar-refractivity contribution in [3.05, 3.63) is 59.2 Å². The Morgan fingerprint density at radius 3 is 2.81 bits per heavy atom. The number of rotatable bonds is 7. The van der Waals surface area contributed by atoms with Crippen molar-refractivity contribution < 1.29 is 18.7 Å². The van der Waals surface area contributed by atoms with Crippen LogP contribution in [0.5, 0.6) is 11.5 Å². The summed E-state index contributed by atoms with van der Waals surface area (Å²) in [7, 11) is 0. The van der Waals surface area contributed by atoms with Crippen LogP contribution >= 0.6 is 11.3 Å². The number of benzene rings is 1. The van der Waals surface area contributed by atoms with Gasteiger partial charge in [0.1, 0.15) is 11.5 Å². The number of ketones is 1. The first-order chi connectivity index (χ1) is 15.6. The SMILES string of the molecule is O=C(Cc1ccc(Oc2ccnc3cc(C(=O)N4C[CH]CCC4)sc23)c(F)c1)CC1CC1. The number of piperidine rings is 1. The highest BCUT2D eigenvalue weighted by Gasteiger charge is 2.25. The molecule has 3 heterocycles. The van der Waals surface area contributed by atoms with Crippen LogP contribution in [0.2, 0.25) is 0 Å². The molecule has 7 heteroatoms. The quantitative estimate of drug-likeness (QED) is 0.471. The highest BCUT2D eigenvalue weighted by molar-refractivity contribution is 7.21. The van der Waals surface area contributed by atoms with Gasteiger partial charge in [-0.3, -0.25) is 14.6 Å². The number of pyridine rings is 1. The van der Waals surface area contributed by atoms with Gasteiger partial charge in [0.2, 0.25) is 0 Å². The van der Waals surface area contributed by atoms with Crippen molar-refractivity contribution in [1.82, 2.24) is 9.88 Å². The number of aromatic nitrogens is 1. The molecule has 165 valence electrons. The monoisotopic (exact) mass is 451 g/mol. The number of hydrogen-bond donors (Lipinski definition) is 0. The van der Waals surface area contributed by atoms with Gasteiger partial charge < -0.3 is 9.64 Å². The molecular weight excluding hydrogens is 427 g/mol. The van der Waals surface area contributed by atoms with Crippen molar-refractivity contribution in [2.45, 2.75) is 38.5 Å². The molecule has 0 N–H and O–H groups in total. The zero-order chi connectivity index (χ0) is 22.1. The molecule has 1 radical (unpaired) electrons. The van der Waals surface area contributed by atoms with E-state index in [0.717, 1.165) is 32.2 Å². The van der Waals surface area contributed by atoms with Gasteiger partial charge in [-0.2, -0.15) is 0 Å². The highest BCUT2D eigenvalue weighted by atomic mass is 32.1. The van der Waals surface area contributed by atoms with Crippen LogP contribution in [0, 0.1) is 18.2 Å². The lowest BCUT2D eigenvalue weighted by Crippen LogP contribution is -2.35. The van der Waals surface area contributed by atoms with Gasteiger partial charge in [-0.15, -0.1) is 11.3 Å². The molecule has 5 rings (SSSR count). The number of nitrogens with zero attached hydrogens (tertiary/aromatic N) is 2. The van der Waals surface area contributed by atoms with E-state index in [-0.39, 0.29) is 23.9 Å². The van der Waals surface area contributed by atoms with Gasteiger partial charge in [0.05, 0.1) is 15.1 Å². The Balaban J connectivity index is 1.33. The first-order valence-corrected chi connectivity index (χ1v) is 11.9. The van der Waals surface area contributed by atoms with Crippen molar-refractivity contribution in [2.75, 3.05) is 13.1 Å². The second-order valence-corrected chi connectivity index (χ2v) is 9.60. The van der Waals surface area contributed by atoms with Gasteiger partial charge in [-0.1, -0.05) is 6.07 Å². The summed E-state index contributed by atoms with van der Waals surface area (Å²) < 4.78 is 21.3. The second kappa shape index (κ2) is 8.98. The molecule has 2 aliphatic rings. The van der Waals surface area contributed by atoms with Crippen molar-refractivity contribution >= 4 is 33.2 Å². The minimum atomic E-state index is -0.511. The maximum atomic E-state index is 14.7. The molecule has 1 amide bonds. The standard InChI is InChI=1S/C25H24FN2O3S/c26-19-14-17(13-18(29)12-16-4-5-16)6-7-21(19)31-22-8-9-27-20-15-23(32-24(20)22)25(30)28-10-2-1-3-11-28/h2,6-9,14-16H,1,3-5,10-13H2. The van der Waals surface area contributed by atoms with Gasteiger partial charge in [0.25, 0.3) is 5.91 Å². The number of likely N-dealkylation sites (tertiary alicyclic amines) is 1. The predicted octanol–water partition coefficient (Wildman–Crippen LogP) is 5.58. The summed E-state index contributed by atoms with van der Waals surface area (Å²) in [5.74, 6) is 0.700. The third-order valence-electron chi connectivity index (χ3n) is 5.89. The van der Waals surface area contributed by atoms with E-state index in [1.165, 1.54) is 17.4 Å². The number of Topliss-reactive ketones (excluding diaryl/α,β-unsaturated/α-hetero) is 1. The van der Waals surface area contributed by atoms with Crippen molar-refractivity contribution in [3.63, 3.8) is 0 Å². The first kappa shape index (κ1) is 21.1. The molecule has 2 fully saturated rings. The van der Waals surface area contributed by atoms with E-state index < -0.39 is 5.82 Å². The van der Waals surface area contributed by atoms with E-state index in [9.17, 15) is 14.0 Å². The number of halogens is 1. The van der Waals surface area contributed by atoms with Gasteiger partial charge >= 0.3 is 0 Å². The Morgan fingerprint density at radius 1 is 1.19 bits per heavy atom. The molecule has 3 aromatic rings. The molecule has 0 unspecified atom stereocenters. The van der Waals surface area contributed by atoms with Crippen LogP contribution in [0.15, 0.2) is 36.5 Å². The molecule has 0 atom stereocenters. The Labute approximate surface area is 190 Å². The summed E-state index contributed by atoms with van der Waals surface area (Å²) in [4.78, 5) is 31.7. The molecule has 0 spiro atoms. The molecule has 1 aromatic carbocycles. The number of carbonyl (C=O) groups is 2. The van der Waals surface area contributed by atoms with Crippen molar-refractivity contribution in [3.8, 4) is 11.5 Å². The van der Waals surface area contributed by atoms with Crippen LogP contribution < -0.4 is 4.74 Å². The molecular formula is C25H24FN2O3S. The van der Waals surface area contributed by atoms with Crippen molar-refractivity contribution in [1.29, 1.82) is 0 Å². The number of hydrogen-bond acceptors (Lipinski definition) is 5. The normalized spacial score (nSPS) is 16.3. The summed E-state index contributed by atoms with van der Waals surface area (Å²) in [5.41, 5.74) is 1.31. The second-order valence-electron chi connectivity index (χ2n) is 8.55. The Morgan fingerprint density at radius 2 is 2.06 bits per heavy atom. The molecule has 5 nitrogen and oxygen atoms in total. The summed E-state index contributed by atoms with van der Waals surface area (Å²) in [6, 6.07) is 8.11. The van der Waals surface area contributed by atoms with Gasteiger partial charge in [-0.25, -0.2) is 4.39 Å². The minimum absolute atomic E-state index is 0.0127. The van der Waals surface area contributed by atoms with Gasteiger partial charge in [-0.05, 0) is 61.8 Å². The average molecular weight is 452 g/mol. The fraction of sp³-hybridized carbons (Fsp3) is 0.360. The largest absolute Gasteiger partial charge is 0.453 e. The van der Waals surface area contributed by atoms with Gasteiger partial charge in [0, 0.05) is 38.2 Å². The van der Waals surface area contributed by atoms with Crippen LogP contribution in [0.1, 0.15) is 47.3 Å². The maximum absolute atomic E-state index is 14.7. The average Bonchev–Trinajstić information content (AvgIpc) is 3.49. The fourth-order valence-corrected chi connectivity index (χ4v) is 5.04. The lowest BCUT2D eigenvalue weighted by Gasteiger charge is -2.25. The number of thiophene rings is 1. The Hall–Kier alpha value is -2.80. The molecule has 2 aromatic heterocycles. The summed E-state index contributed by atoms with van der Waals surface area (Å²) >= 11 is 1.31. The zero-order valence-electron chi connectivity index (χ0n) is 17.7. The van der Waals surface area contributed by atoms with E-state index in [2.05, 4.69) is 11.4 Å². The zero-order valence-corrected chi connectivity index (χ0v) is 18.5. The fourth-order valence-electron chi connectivity index (χ4n) is 4.01. The molecule has 32 heavy (non-hydrogen) atoms. The molecule has 1 saturated carbocycles. The summed E-state index contributed by atoms with van der Waals surface area (Å²) in [6.07, 6.45) is 8.81. The topological polar surface area (TPSA) is 59.5 Å². The van der Waals surface area contributed by atoms with Crippen LogP contribution in [0.4, 0.5) is 4.39 Å². The minimum Gasteiger partial charge on any atom is -0.453 e. The van der Waals surface area contributed by atoms with Crippen LogP contribution in [-0.4, -0.2) is 34.7 Å². The van der Waals surface area contributed by atoms with E-state index in [1.807, 2.05) is 4.90 Å². The molecule has 1 aliphatic carbocycles. The lowest BCUT2D eigenvalue weighted by atomic mass is 10.0. The van der Waals surface area contributed by atoms with Crippen LogP contribution in [0.3, 0.4) is 0 Å². The smallest absolute Gasteiger partial charge is 0.264 e. The van der Waals surface area contributed by atoms with E-state index >= 15 is 0 Å². The lowest BCUT2D eigenvalue weighted by molar-refractivity contribution is -0.118. The van der Waals surface area contributed by atoms with Gasteiger partial charge in [0.15, 0.2) is 11.6 Å². The van der Waals surface area contributed by atoms with Crippen LogP contribution in [-0.2, 0) is 11.2 Å². The Bertz CT molecular complexity index is 1170. The molecule has 1 aliphatic heterocycles. The van der Waals surface area contributed by atoms with Crippen molar-refractivity contribution in [2.24, 2.45) is 5.92 Å². The van der Waals surface area contributed by atoms with Crippen LogP contribution in [0.25, 0.3) is 10.2 Å². The first-order valence-electron chi connectivity index (χ1n) is 11.0. The summed E-state index contributed by atoms with van der Waals surface area (Å²) in [5, 5.41) is 0. The summed E-state index contributed by atoms with van der Waals surface area (Å²) in [6.45, 7) is 1.41. The van der Waals surface area contributed by atoms with E-state index in [4.69, 9.17) is 4.74 Å². The number of carbonyl (C=O) groups excluding carboxylic acids is 2. The van der Waals surface area contributed by atoms with E-state index in [1.54, 1.807) is 30.5 Å². The number of ether oxygens (including phenoxy) is 1. The molecule has 0 bridgehead atoms. The maximum Gasteiger partial charge on any atom is 0.264 e. The predicted molar refractivity (Wildman–Crippen MR) is 122 cm³/mol. The number of fused-ring (bicyclic) bond motifs is 1. The highest BCUT2D eigenvalue weighted by Crippen LogP contribution is 2.37. The Kier molecular flexibility index (Phi) is 5.91. The van der Waals surface area contributed by atoms with E-state index in [0.29, 0.717) is 45.3 Å². The third-order valence-corrected chi connectivity index (χ3v) is 7.02. The third kappa shape index (κ3) is 4.67. The molecule has 1 saturated heterocycles. The number of amides is 1.